The molecule has 41 heavy (non-hydrogen) atoms. The van der Waals surface area contributed by atoms with Crippen molar-refractivity contribution in [1.82, 2.24) is 0 Å². The number of nitrogens with zero attached hydrogens (tertiary/aromatic N) is 1. The molecule has 0 atom stereocenters. The summed E-state index contributed by atoms with van der Waals surface area (Å²) in [7, 11) is 1.67. The van der Waals surface area contributed by atoms with Crippen molar-refractivity contribution >= 4 is 37.5 Å². The highest BCUT2D eigenvalue weighted by Crippen LogP contribution is 2.50. The molecule has 0 aliphatic carbocycles. The van der Waals surface area contributed by atoms with Gasteiger partial charge in [-0.25, -0.2) is 8.42 Å². The first-order valence-corrected chi connectivity index (χ1v) is 14.9. The van der Waals surface area contributed by atoms with E-state index in [4.69, 9.17) is 23.4 Å². The Morgan fingerprint density at radius 2 is 1.59 bits per heavy atom. The number of benzene rings is 3. The first-order chi connectivity index (χ1) is 19.8. The standard InChI is InChI=1S/C31H33NO8S/c1-6-16-41(34,35)31-29(38-4)25-27(33)21-17-23(36-2)24(37-3)18-22(21)40-28(25)26(30(31)39-5)32-14-12-20(13-15-32)19-10-8-7-9-11-19/h6-11,17-18,20H,1,12-16H2,2-5H3. The first kappa shape index (κ1) is 28.4. The number of fused-ring (bicyclic) bond motifs is 2. The van der Waals surface area contributed by atoms with E-state index in [9.17, 15) is 13.2 Å². The molecule has 0 unspecified atom stereocenters. The maximum absolute atomic E-state index is 14.1. The fourth-order valence-corrected chi connectivity index (χ4v) is 7.08. The molecule has 1 saturated heterocycles. The number of anilines is 1. The van der Waals surface area contributed by atoms with E-state index in [1.54, 1.807) is 6.07 Å². The van der Waals surface area contributed by atoms with Crippen molar-refractivity contribution in [2.45, 2.75) is 23.7 Å². The van der Waals surface area contributed by atoms with Crippen LogP contribution in [-0.4, -0.2) is 55.7 Å². The van der Waals surface area contributed by atoms with Crippen LogP contribution in [0.4, 0.5) is 5.69 Å². The molecule has 5 rings (SSSR count). The van der Waals surface area contributed by atoms with Gasteiger partial charge in [0.05, 0.1) is 39.6 Å². The lowest BCUT2D eigenvalue weighted by atomic mass is 9.89. The Hall–Kier alpha value is -4.18. The number of rotatable bonds is 9. The number of piperidine rings is 1. The van der Waals surface area contributed by atoms with Crippen molar-refractivity contribution in [3.8, 4) is 23.0 Å². The van der Waals surface area contributed by atoms with E-state index in [2.05, 4.69) is 18.7 Å². The molecule has 3 aromatic carbocycles. The van der Waals surface area contributed by atoms with Crippen LogP contribution in [-0.2, 0) is 9.84 Å². The second-order valence-corrected chi connectivity index (χ2v) is 11.8. The van der Waals surface area contributed by atoms with Crippen LogP contribution in [0.1, 0.15) is 24.3 Å². The molecule has 0 amide bonds. The Bertz CT molecular complexity index is 1770. The van der Waals surface area contributed by atoms with Gasteiger partial charge in [-0.2, -0.15) is 0 Å². The van der Waals surface area contributed by atoms with Gasteiger partial charge in [-0.15, -0.1) is 6.58 Å². The van der Waals surface area contributed by atoms with Gasteiger partial charge < -0.3 is 28.3 Å². The smallest absolute Gasteiger partial charge is 0.204 e. The molecule has 1 fully saturated rings. The summed E-state index contributed by atoms with van der Waals surface area (Å²) in [6.07, 6.45) is 2.93. The maximum Gasteiger partial charge on any atom is 0.204 e. The van der Waals surface area contributed by atoms with Crippen LogP contribution in [0.15, 0.2) is 69.2 Å². The number of hydrogen-bond donors (Lipinski definition) is 0. The molecule has 0 saturated carbocycles. The Balaban J connectivity index is 1.83. The zero-order chi connectivity index (χ0) is 29.3. The molecular formula is C31H33NO8S. The lowest BCUT2D eigenvalue weighted by Gasteiger charge is -2.35. The topological polar surface area (TPSA) is 105 Å². The molecule has 0 spiro atoms. The predicted molar refractivity (Wildman–Crippen MR) is 159 cm³/mol. The first-order valence-electron chi connectivity index (χ1n) is 13.2. The normalized spacial score (nSPS) is 14.3. The van der Waals surface area contributed by atoms with Gasteiger partial charge in [0, 0.05) is 19.2 Å². The molecule has 1 aromatic heterocycles. The van der Waals surface area contributed by atoms with Gasteiger partial charge in [0.25, 0.3) is 0 Å². The van der Waals surface area contributed by atoms with Gasteiger partial charge in [0.2, 0.25) is 5.43 Å². The van der Waals surface area contributed by atoms with Gasteiger partial charge in [0.15, 0.2) is 43.3 Å². The summed E-state index contributed by atoms with van der Waals surface area (Å²) in [6, 6.07) is 13.4. The number of methoxy groups -OCH3 is 4. The van der Waals surface area contributed by atoms with Crippen molar-refractivity contribution in [2.24, 2.45) is 0 Å². The molecule has 9 nitrogen and oxygen atoms in total. The van der Waals surface area contributed by atoms with E-state index >= 15 is 0 Å². The lowest BCUT2D eigenvalue weighted by molar-refractivity contribution is 0.355. The van der Waals surface area contributed by atoms with Crippen LogP contribution in [0.3, 0.4) is 0 Å². The summed E-state index contributed by atoms with van der Waals surface area (Å²) < 4.78 is 56.0. The monoisotopic (exact) mass is 579 g/mol. The molecule has 1 aliphatic rings. The van der Waals surface area contributed by atoms with Gasteiger partial charge in [-0.3, -0.25) is 4.79 Å². The molecule has 10 heteroatoms. The largest absolute Gasteiger partial charge is 0.494 e. The minimum absolute atomic E-state index is 0.0100. The van der Waals surface area contributed by atoms with E-state index in [1.165, 1.54) is 46.1 Å². The fourth-order valence-electron chi connectivity index (χ4n) is 5.68. The highest BCUT2D eigenvalue weighted by Gasteiger charge is 2.36. The summed E-state index contributed by atoms with van der Waals surface area (Å²) in [6.45, 7) is 4.79. The number of sulfone groups is 1. The van der Waals surface area contributed by atoms with Gasteiger partial charge >= 0.3 is 0 Å². The average Bonchev–Trinajstić information content (AvgIpc) is 2.99. The molecule has 0 radical (unpaired) electrons. The molecule has 1 aliphatic heterocycles. The molecule has 0 N–H and O–H groups in total. The zero-order valence-electron chi connectivity index (χ0n) is 23.6. The van der Waals surface area contributed by atoms with Crippen LogP contribution in [0.5, 0.6) is 23.0 Å². The minimum Gasteiger partial charge on any atom is -0.494 e. The van der Waals surface area contributed by atoms with Crippen molar-refractivity contribution in [3.05, 3.63) is 70.9 Å². The molecule has 2 heterocycles. The van der Waals surface area contributed by atoms with E-state index in [0.717, 1.165) is 12.8 Å². The van der Waals surface area contributed by atoms with E-state index in [0.29, 0.717) is 36.2 Å². The second-order valence-electron chi connectivity index (χ2n) is 9.82. The quantitative estimate of drug-likeness (QED) is 0.192. The molecular weight excluding hydrogens is 546 g/mol. The van der Waals surface area contributed by atoms with E-state index < -0.39 is 15.3 Å². The predicted octanol–water partition coefficient (Wildman–Crippen LogP) is 5.32. The van der Waals surface area contributed by atoms with Gasteiger partial charge in [-0.1, -0.05) is 36.4 Å². The maximum atomic E-state index is 14.1. The van der Waals surface area contributed by atoms with Crippen LogP contribution in [0, 0.1) is 0 Å². The third-order valence-corrected chi connectivity index (χ3v) is 9.27. The van der Waals surface area contributed by atoms with Gasteiger partial charge in [-0.05, 0) is 30.4 Å². The summed E-state index contributed by atoms with van der Waals surface area (Å²) in [5.74, 6) is 0.629. The summed E-state index contributed by atoms with van der Waals surface area (Å²) >= 11 is 0. The zero-order valence-corrected chi connectivity index (χ0v) is 24.4. The Morgan fingerprint density at radius 3 is 2.17 bits per heavy atom. The van der Waals surface area contributed by atoms with Crippen molar-refractivity contribution in [1.29, 1.82) is 0 Å². The van der Waals surface area contributed by atoms with Gasteiger partial charge in [0.1, 0.15) is 16.7 Å². The lowest BCUT2D eigenvalue weighted by Crippen LogP contribution is -2.34. The summed E-state index contributed by atoms with van der Waals surface area (Å²) in [4.78, 5) is 16.0. The van der Waals surface area contributed by atoms with E-state index in [-0.39, 0.29) is 44.1 Å². The highest BCUT2D eigenvalue weighted by atomic mass is 32.2. The number of ether oxygens (including phenoxy) is 4. The SMILES string of the molecule is C=CCS(=O)(=O)c1c(OC)c(N2CCC(c3ccccc3)CC2)c2oc3cc(OC)c(OC)cc3c(=O)c2c1OC. The van der Waals surface area contributed by atoms with Crippen LogP contribution < -0.4 is 29.3 Å². The fraction of sp³-hybridized carbons (Fsp3) is 0.323. The van der Waals surface area contributed by atoms with Crippen molar-refractivity contribution in [2.75, 3.05) is 52.2 Å². The average molecular weight is 580 g/mol. The molecule has 0 bridgehead atoms. The molecule has 216 valence electrons. The molecule has 4 aromatic rings. The minimum atomic E-state index is -4.02. The summed E-state index contributed by atoms with van der Waals surface area (Å²) in [5.41, 5.74) is 1.63. The van der Waals surface area contributed by atoms with E-state index in [1.807, 2.05) is 23.1 Å². The Labute approximate surface area is 238 Å². The third kappa shape index (κ3) is 4.86. The second kappa shape index (κ2) is 11.4. The third-order valence-electron chi connectivity index (χ3n) is 7.60. The van der Waals surface area contributed by atoms with Crippen LogP contribution in [0.2, 0.25) is 0 Å². The Kier molecular flexibility index (Phi) is 7.86. The van der Waals surface area contributed by atoms with Crippen molar-refractivity contribution in [3.63, 3.8) is 0 Å². The Morgan fingerprint density at radius 1 is 0.951 bits per heavy atom. The van der Waals surface area contributed by atoms with Crippen molar-refractivity contribution < 1.29 is 31.8 Å². The highest BCUT2D eigenvalue weighted by molar-refractivity contribution is 7.91. The number of hydrogen-bond acceptors (Lipinski definition) is 9. The summed E-state index contributed by atoms with van der Waals surface area (Å²) in [5, 5.41) is 0.204. The van der Waals surface area contributed by atoms with Crippen LogP contribution >= 0.6 is 0 Å². The van der Waals surface area contributed by atoms with Crippen LogP contribution in [0.25, 0.3) is 21.9 Å².